The number of ether oxygens (including phenoxy) is 1. The molecule has 0 unspecified atom stereocenters. The van der Waals surface area contributed by atoms with Gasteiger partial charge in [0.05, 0.1) is 12.2 Å². The highest BCUT2D eigenvalue weighted by Gasteiger charge is 2.31. The molecule has 0 saturated carbocycles. The molecule has 0 aliphatic heterocycles. The van der Waals surface area contributed by atoms with Crippen LogP contribution in [0.25, 0.3) is 10.3 Å². The maximum atomic E-state index is 12.4. The van der Waals surface area contributed by atoms with Gasteiger partial charge in [-0.15, -0.1) is 0 Å². The molecule has 86 valence electrons. The highest BCUT2D eigenvalue weighted by molar-refractivity contribution is 7.18. The number of hydrogen-bond donors (Lipinski definition) is 0. The summed E-state index contributed by atoms with van der Waals surface area (Å²) in [7, 11) is 1.50. The molecule has 0 radical (unpaired) electrons. The first-order chi connectivity index (χ1) is 7.50. The van der Waals surface area contributed by atoms with Crippen LogP contribution in [-0.4, -0.2) is 17.1 Å². The fourth-order valence-corrected chi connectivity index (χ4v) is 2.07. The predicted octanol–water partition coefficient (Wildman–Crippen LogP) is 2.86. The SMILES string of the molecule is COCc1nc2cc(C(F)(F)F)cnc2s1. The molecule has 0 aromatic carbocycles. The van der Waals surface area contributed by atoms with Crippen LogP contribution >= 0.6 is 11.3 Å². The third kappa shape index (κ3) is 2.14. The van der Waals surface area contributed by atoms with Crippen LogP contribution in [0.5, 0.6) is 0 Å². The molecule has 2 aromatic rings. The second-order valence-electron chi connectivity index (χ2n) is 3.09. The van der Waals surface area contributed by atoms with Crippen molar-refractivity contribution in [3.05, 3.63) is 22.8 Å². The average molecular weight is 248 g/mol. The van der Waals surface area contributed by atoms with Crippen molar-refractivity contribution in [1.29, 1.82) is 0 Å². The highest BCUT2D eigenvalue weighted by atomic mass is 32.1. The molecule has 2 aromatic heterocycles. The Morgan fingerprint density at radius 1 is 1.44 bits per heavy atom. The number of halogens is 3. The smallest absolute Gasteiger partial charge is 0.378 e. The molecule has 0 amide bonds. The number of aromatic nitrogens is 2. The highest BCUT2D eigenvalue weighted by Crippen LogP contribution is 2.31. The second-order valence-corrected chi connectivity index (χ2v) is 4.15. The molecule has 2 rings (SSSR count). The average Bonchev–Trinajstić information content (AvgIpc) is 2.57. The zero-order valence-corrected chi connectivity index (χ0v) is 9.02. The molecular weight excluding hydrogens is 241 g/mol. The summed E-state index contributed by atoms with van der Waals surface area (Å²) in [5.74, 6) is 0. The standard InChI is InChI=1S/C9H7F3N2OS/c1-15-4-7-14-6-2-5(9(10,11)12)3-13-8(6)16-7/h2-3H,4H2,1H3. The van der Waals surface area contributed by atoms with Gasteiger partial charge in [-0.1, -0.05) is 11.3 Å². The van der Waals surface area contributed by atoms with Gasteiger partial charge in [0.25, 0.3) is 0 Å². The zero-order chi connectivity index (χ0) is 11.8. The van der Waals surface area contributed by atoms with Gasteiger partial charge in [0.1, 0.15) is 15.4 Å². The van der Waals surface area contributed by atoms with E-state index in [1.165, 1.54) is 18.4 Å². The minimum absolute atomic E-state index is 0.256. The molecule has 7 heteroatoms. The molecule has 0 saturated heterocycles. The zero-order valence-electron chi connectivity index (χ0n) is 8.21. The minimum atomic E-state index is -4.38. The molecule has 0 N–H and O–H groups in total. The number of fused-ring (bicyclic) bond motifs is 1. The Bertz CT molecular complexity index is 509. The third-order valence-electron chi connectivity index (χ3n) is 1.89. The van der Waals surface area contributed by atoms with E-state index in [4.69, 9.17) is 4.74 Å². The van der Waals surface area contributed by atoms with E-state index < -0.39 is 11.7 Å². The van der Waals surface area contributed by atoms with E-state index in [1.54, 1.807) is 0 Å². The molecule has 3 nitrogen and oxygen atoms in total. The summed E-state index contributed by atoms with van der Waals surface area (Å²) < 4.78 is 42.0. The summed E-state index contributed by atoms with van der Waals surface area (Å²) >= 11 is 1.23. The van der Waals surface area contributed by atoms with Crippen LogP contribution in [0.4, 0.5) is 13.2 Å². The lowest BCUT2D eigenvalue weighted by Gasteiger charge is -2.04. The topological polar surface area (TPSA) is 35.0 Å². The molecule has 0 spiro atoms. The fourth-order valence-electron chi connectivity index (χ4n) is 1.21. The number of hydrogen-bond acceptors (Lipinski definition) is 4. The van der Waals surface area contributed by atoms with Crippen molar-refractivity contribution in [1.82, 2.24) is 9.97 Å². The number of nitrogens with zero attached hydrogens (tertiary/aromatic N) is 2. The summed E-state index contributed by atoms with van der Waals surface area (Å²) in [6.07, 6.45) is -3.57. The third-order valence-corrected chi connectivity index (χ3v) is 2.84. The fraction of sp³-hybridized carbons (Fsp3) is 0.333. The van der Waals surface area contributed by atoms with E-state index in [2.05, 4.69) is 9.97 Å². The van der Waals surface area contributed by atoms with E-state index in [0.29, 0.717) is 9.84 Å². The molecule has 0 aliphatic rings. The monoisotopic (exact) mass is 248 g/mol. The Balaban J connectivity index is 2.46. The number of pyridine rings is 1. The van der Waals surface area contributed by atoms with Crippen molar-refractivity contribution in [2.45, 2.75) is 12.8 Å². The summed E-state index contributed by atoms with van der Waals surface area (Å²) in [5.41, 5.74) is -0.527. The summed E-state index contributed by atoms with van der Waals surface area (Å²) in [6.45, 7) is 0.280. The maximum absolute atomic E-state index is 12.4. The second kappa shape index (κ2) is 3.99. The van der Waals surface area contributed by atoms with Crippen LogP contribution in [-0.2, 0) is 17.5 Å². The number of rotatable bonds is 2. The predicted molar refractivity (Wildman–Crippen MR) is 53.1 cm³/mol. The van der Waals surface area contributed by atoms with Crippen LogP contribution in [0.2, 0.25) is 0 Å². The van der Waals surface area contributed by atoms with Gasteiger partial charge in [-0.3, -0.25) is 0 Å². The minimum Gasteiger partial charge on any atom is -0.378 e. The summed E-state index contributed by atoms with van der Waals surface area (Å²) in [5, 5.41) is 0.615. The van der Waals surface area contributed by atoms with Crippen molar-refractivity contribution in [2.75, 3.05) is 7.11 Å². The molecular formula is C9H7F3N2OS. The Kier molecular flexibility index (Phi) is 2.81. The van der Waals surface area contributed by atoms with Gasteiger partial charge in [0.15, 0.2) is 0 Å². The van der Waals surface area contributed by atoms with Crippen molar-refractivity contribution >= 4 is 21.7 Å². The quantitative estimate of drug-likeness (QED) is 0.819. The molecule has 0 bridgehead atoms. The normalized spacial score (nSPS) is 12.2. The van der Waals surface area contributed by atoms with Crippen LogP contribution in [0, 0.1) is 0 Å². The van der Waals surface area contributed by atoms with Crippen LogP contribution < -0.4 is 0 Å². The first-order valence-corrected chi connectivity index (χ1v) is 5.14. The van der Waals surface area contributed by atoms with E-state index in [0.717, 1.165) is 12.3 Å². The van der Waals surface area contributed by atoms with Crippen molar-refractivity contribution in [2.24, 2.45) is 0 Å². The van der Waals surface area contributed by atoms with Crippen molar-refractivity contribution in [3.8, 4) is 0 Å². The van der Waals surface area contributed by atoms with Gasteiger partial charge in [-0.05, 0) is 6.07 Å². The lowest BCUT2D eigenvalue weighted by Crippen LogP contribution is -2.04. The lowest BCUT2D eigenvalue weighted by molar-refractivity contribution is -0.137. The molecule has 2 heterocycles. The van der Waals surface area contributed by atoms with Gasteiger partial charge < -0.3 is 4.74 Å². The molecule has 0 fully saturated rings. The Morgan fingerprint density at radius 2 is 2.19 bits per heavy atom. The molecule has 16 heavy (non-hydrogen) atoms. The van der Waals surface area contributed by atoms with Crippen LogP contribution in [0.3, 0.4) is 0 Å². The summed E-state index contributed by atoms with van der Waals surface area (Å²) in [4.78, 5) is 8.22. The Labute approximate surface area is 92.9 Å². The van der Waals surface area contributed by atoms with Gasteiger partial charge >= 0.3 is 6.18 Å². The van der Waals surface area contributed by atoms with E-state index >= 15 is 0 Å². The molecule has 0 atom stereocenters. The van der Waals surface area contributed by atoms with Crippen LogP contribution in [0.1, 0.15) is 10.6 Å². The summed E-state index contributed by atoms with van der Waals surface area (Å²) in [6, 6.07) is 0.998. The Hall–Kier alpha value is -1.21. The molecule has 0 aliphatic carbocycles. The van der Waals surface area contributed by atoms with Gasteiger partial charge in [0, 0.05) is 13.3 Å². The Morgan fingerprint density at radius 3 is 2.81 bits per heavy atom. The van der Waals surface area contributed by atoms with E-state index in [-0.39, 0.29) is 12.1 Å². The maximum Gasteiger partial charge on any atom is 0.417 e. The first-order valence-electron chi connectivity index (χ1n) is 4.32. The van der Waals surface area contributed by atoms with Gasteiger partial charge in [-0.25, -0.2) is 9.97 Å². The van der Waals surface area contributed by atoms with Crippen molar-refractivity contribution in [3.63, 3.8) is 0 Å². The van der Waals surface area contributed by atoms with Crippen LogP contribution in [0.15, 0.2) is 12.3 Å². The number of thiazole rings is 1. The van der Waals surface area contributed by atoms with E-state index in [9.17, 15) is 13.2 Å². The van der Waals surface area contributed by atoms with Gasteiger partial charge in [0.2, 0.25) is 0 Å². The number of methoxy groups -OCH3 is 1. The number of alkyl halides is 3. The largest absolute Gasteiger partial charge is 0.417 e. The van der Waals surface area contributed by atoms with E-state index in [1.807, 2.05) is 0 Å². The van der Waals surface area contributed by atoms with Crippen molar-refractivity contribution < 1.29 is 17.9 Å². The lowest BCUT2D eigenvalue weighted by atomic mass is 10.3. The first kappa shape index (κ1) is 11.3. The van der Waals surface area contributed by atoms with Gasteiger partial charge in [-0.2, -0.15) is 13.2 Å².